The molecular formula is C17H21N3O3. The van der Waals surface area contributed by atoms with Crippen molar-refractivity contribution >= 4 is 23.4 Å². The minimum atomic E-state index is -0.416. The molecule has 0 radical (unpaired) electrons. The Hall–Kier alpha value is -2.37. The smallest absolute Gasteiger partial charge is 0.411 e. The molecule has 0 saturated heterocycles. The minimum Gasteiger partial charge on any atom is -0.449 e. The number of anilines is 1. The molecular weight excluding hydrogens is 294 g/mol. The van der Waals surface area contributed by atoms with Crippen LogP contribution in [0.5, 0.6) is 0 Å². The largest absolute Gasteiger partial charge is 0.449 e. The van der Waals surface area contributed by atoms with Crippen LogP contribution in [0.1, 0.15) is 38.2 Å². The van der Waals surface area contributed by atoms with Gasteiger partial charge in [0.25, 0.3) is 0 Å². The molecule has 0 bridgehead atoms. The predicted octanol–water partition coefficient (Wildman–Crippen LogP) is 2.90. The fourth-order valence-corrected chi connectivity index (χ4v) is 2.73. The van der Waals surface area contributed by atoms with Gasteiger partial charge in [-0.1, -0.05) is 25.5 Å². The Balaban J connectivity index is 1.56. The normalized spacial score (nSPS) is 21.0. The highest BCUT2D eigenvalue weighted by Gasteiger charge is 2.22. The van der Waals surface area contributed by atoms with E-state index in [1.165, 1.54) is 6.42 Å². The first-order chi connectivity index (χ1) is 11.1. The predicted molar refractivity (Wildman–Crippen MR) is 87.2 cm³/mol. The SMILES string of the molecule is CC1CC(=O)NN=C1c1ccc(NC(=O)OCC2CCC2)cc1. The van der Waals surface area contributed by atoms with Crippen LogP contribution in [0, 0.1) is 11.8 Å². The highest BCUT2D eigenvalue weighted by Crippen LogP contribution is 2.26. The van der Waals surface area contributed by atoms with Gasteiger partial charge in [-0.2, -0.15) is 5.10 Å². The fourth-order valence-electron chi connectivity index (χ4n) is 2.73. The zero-order valence-corrected chi connectivity index (χ0v) is 13.2. The van der Waals surface area contributed by atoms with Gasteiger partial charge in [0.15, 0.2) is 0 Å². The van der Waals surface area contributed by atoms with Crippen molar-refractivity contribution in [3.05, 3.63) is 29.8 Å². The lowest BCUT2D eigenvalue weighted by Gasteiger charge is -2.24. The second-order valence-corrected chi connectivity index (χ2v) is 6.23. The Morgan fingerprint density at radius 1 is 1.35 bits per heavy atom. The molecule has 1 aromatic rings. The molecule has 2 aliphatic rings. The van der Waals surface area contributed by atoms with E-state index >= 15 is 0 Å². The van der Waals surface area contributed by atoms with Crippen LogP contribution < -0.4 is 10.7 Å². The Morgan fingerprint density at radius 3 is 2.70 bits per heavy atom. The zero-order valence-electron chi connectivity index (χ0n) is 13.2. The van der Waals surface area contributed by atoms with E-state index in [1.54, 1.807) is 0 Å². The first-order valence-corrected chi connectivity index (χ1v) is 8.02. The summed E-state index contributed by atoms with van der Waals surface area (Å²) in [5.74, 6) is 0.549. The third-order valence-corrected chi connectivity index (χ3v) is 4.36. The van der Waals surface area contributed by atoms with Crippen LogP contribution in [0.4, 0.5) is 10.5 Å². The Kier molecular flexibility index (Phi) is 4.60. The van der Waals surface area contributed by atoms with Crippen LogP contribution in [0.3, 0.4) is 0 Å². The summed E-state index contributed by atoms with van der Waals surface area (Å²) in [6.07, 6.45) is 3.56. The first-order valence-electron chi connectivity index (χ1n) is 8.02. The van der Waals surface area contributed by atoms with Crippen LogP contribution >= 0.6 is 0 Å². The van der Waals surface area contributed by atoms with Crippen molar-refractivity contribution in [2.24, 2.45) is 16.9 Å². The van der Waals surface area contributed by atoms with Crippen LogP contribution in [-0.2, 0) is 9.53 Å². The number of hydrazone groups is 1. The number of hydrogen-bond acceptors (Lipinski definition) is 4. The van der Waals surface area contributed by atoms with Crippen LogP contribution in [0.25, 0.3) is 0 Å². The average molecular weight is 315 g/mol. The van der Waals surface area contributed by atoms with Gasteiger partial charge in [-0.05, 0) is 36.5 Å². The second-order valence-electron chi connectivity index (χ2n) is 6.23. The molecule has 2 amide bonds. The molecule has 1 unspecified atom stereocenters. The van der Waals surface area contributed by atoms with Crippen LogP contribution in [0.15, 0.2) is 29.4 Å². The molecule has 6 nitrogen and oxygen atoms in total. The highest BCUT2D eigenvalue weighted by atomic mass is 16.5. The lowest BCUT2D eigenvalue weighted by atomic mass is 9.86. The zero-order chi connectivity index (χ0) is 16.2. The van der Waals surface area contributed by atoms with E-state index in [0.29, 0.717) is 24.6 Å². The van der Waals surface area contributed by atoms with Gasteiger partial charge in [0.1, 0.15) is 0 Å². The topological polar surface area (TPSA) is 79.8 Å². The quantitative estimate of drug-likeness (QED) is 0.896. The standard InChI is InChI=1S/C17H21N3O3/c1-11-9-15(21)19-20-16(11)13-5-7-14(8-6-13)18-17(22)23-10-12-3-2-4-12/h5-8,11-12H,2-4,9-10H2,1H3,(H,18,22)(H,19,21). The number of rotatable bonds is 4. The number of carbonyl (C=O) groups excluding carboxylic acids is 2. The van der Waals surface area contributed by atoms with E-state index in [9.17, 15) is 9.59 Å². The van der Waals surface area contributed by atoms with E-state index in [0.717, 1.165) is 24.1 Å². The van der Waals surface area contributed by atoms with Crippen molar-refractivity contribution in [1.29, 1.82) is 0 Å². The van der Waals surface area contributed by atoms with Gasteiger partial charge in [-0.25, -0.2) is 10.2 Å². The monoisotopic (exact) mass is 315 g/mol. The number of amides is 2. The highest BCUT2D eigenvalue weighted by molar-refractivity contribution is 6.06. The molecule has 6 heteroatoms. The number of benzene rings is 1. The van der Waals surface area contributed by atoms with Gasteiger partial charge in [0.2, 0.25) is 5.91 Å². The van der Waals surface area contributed by atoms with Crippen LogP contribution in [0.2, 0.25) is 0 Å². The van der Waals surface area contributed by atoms with E-state index < -0.39 is 6.09 Å². The van der Waals surface area contributed by atoms with Crippen molar-refractivity contribution < 1.29 is 14.3 Å². The summed E-state index contributed by atoms with van der Waals surface area (Å²) < 4.78 is 5.20. The molecule has 1 heterocycles. The molecule has 0 spiro atoms. The summed E-state index contributed by atoms with van der Waals surface area (Å²) in [5.41, 5.74) is 4.97. The van der Waals surface area contributed by atoms with Gasteiger partial charge in [-0.15, -0.1) is 0 Å². The minimum absolute atomic E-state index is 0.0613. The average Bonchev–Trinajstić information content (AvgIpc) is 2.47. The number of nitrogens with one attached hydrogen (secondary N) is 2. The van der Waals surface area contributed by atoms with Crippen LogP contribution in [-0.4, -0.2) is 24.3 Å². The fraction of sp³-hybridized carbons (Fsp3) is 0.471. The van der Waals surface area contributed by atoms with Crippen molar-refractivity contribution in [2.75, 3.05) is 11.9 Å². The van der Waals surface area contributed by atoms with E-state index in [-0.39, 0.29) is 11.8 Å². The second kappa shape index (κ2) is 6.81. The molecule has 1 aliphatic heterocycles. The van der Waals surface area contributed by atoms with Crippen molar-refractivity contribution in [3.8, 4) is 0 Å². The van der Waals surface area contributed by atoms with Crippen molar-refractivity contribution in [3.63, 3.8) is 0 Å². The summed E-state index contributed by atoms with van der Waals surface area (Å²) in [4.78, 5) is 23.0. The van der Waals surface area contributed by atoms with Gasteiger partial charge in [0.05, 0.1) is 12.3 Å². The van der Waals surface area contributed by atoms with Gasteiger partial charge in [-0.3, -0.25) is 10.1 Å². The van der Waals surface area contributed by atoms with Gasteiger partial charge in [0, 0.05) is 18.0 Å². The Labute approximate surface area is 135 Å². The maximum atomic E-state index is 11.7. The molecule has 1 aromatic carbocycles. The first kappa shape index (κ1) is 15.5. The third-order valence-electron chi connectivity index (χ3n) is 4.36. The van der Waals surface area contributed by atoms with Crippen molar-refractivity contribution in [2.45, 2.75) is 32.6 Å². The van der Waals surface area contributed by atoms with E-state index in [4.69, 9.17) is 4.74 Å². The maximum Gasteiger partial charge on any atom is 0.411 e. The molecule has 1 fully saturated rings. The van der Waals surface area contributed by atoms with Gasteiger partial charge < -0.3 is 4.74 Å². The number of hydrogen-bond donors (Lipinski definition) is 2. The van der Waals surface area contributed by atoms with E-state index in [1.807, 2.05) is 31.2 Å². The lowest BCUT2D eigenvalue weighted by Crippen LogP contribution is -2.31. The molecule has 3 rings (SSSR count). The maximum absolute atomic E-state index is 11.7. The lowest BCUT2D eigenvalue weighted by molar-refractivity contribution is -0.121. The van der Waals surface area contributed by atoms with E-state index in [2.05, 4.69) is 15.8 Å². The molecule has 1 atom stereocenters. The Bertz CT molecular complexity index is 620. The number of carbonyl (C=O) groups is 2. The summed E-state index contributed by atoms with van der Waals surface area (Å²) in [5, 5.41) is 6.85. The molecule has 122 valence electrons. The molecule has 23 heavy (non-hydrogen) atoms. The third kappa shape index (κ3) is 3.88. The van der Waals surface area contributed by atoms with Crippen molar-refractivity contribution in [1.82, 2.24) is 5.43 Å². The Morgan fingerprint density at radius 2 is 2.09 bits per heavy atom. The molecule has 1 aliphatic carbocycles. The number of nitrogens with zero attached hydrogens (tertiary/aromatic N) is 1. The summed E-state index contributed by atoms with van der Waals surface area (Å²) >= 11 is 0. The number of ether oxygens (including phenoxy) is 1. The summed E-state index contributed by atoms with van der Waals surface area (Å²) in [6.45, 7) is 2.47. The van der Waals surface area contributed by atoms with Gasteiger partial charge >= 0.3 is 6.09 Å². The molecule has 0 aromatic heterocycles. The summed E-state index contributed by atoms with van der Waals surface area (Å²) in [6, 6.07) is 7.39. The summed E-state index contributed by atoms with van der Waals surface area (Å²) in [7, 11) is 0. The molecule has 1 saturated carbocycles. The molecule has 2 N–H and O–H groups in total.